The van der Waals surface area contributed by atoms with E-state index in [1.54, 1.807) is 28.9 Å². The Morgan fingerprint density at radius 3 is 2.56 bits per heavy atom. The number of hydrogen-bond donors (Lipinski definition) is 1. The molecule has 1 heterocycles. The number of pyridine rings is 1. The van der Waals surface area contributed by atoms with Gasteiger partial charge in [-0.25, -0.2) is 0 Å². The molecule has 98 valence electrons. The number of amides is 1. The molecule has 0 radical (unpaired) electrons. The van der Waals surface area contributed by atoms with Gasteiger partial charge in [0.05, 0.1) is 4.99 Å². The zero-order valence-corrected chi connectivity index (χ0v) is 11.2. The average Bonchev–Trinajstić information content (AvgIpc) is 2.34. The Hall–Kier alpha value is -1.69. The van der Waals surface area contributed by atoms with Crippen molar-refractivity contribution in [1.82, 2.24) is 9.47 Å². The van der Waals surface area contributed by atoms with Crippen LogP contribution in [0.15, 0.2) is 29.3 Å². The van der Waals surface area contributed by atoms with Gasteiger partial charge in [0.2, 0.25) is 5.91 Å². The zero-order valence-electron chi connectivity index (χ0n) is 10.3. The molecule has 18 heavy (non-hydrogen) atoms. The standard InChI is InChI=1S/C12H17N3O2S/c1-14(6-4-11(13)18)12(17)5-9-15-7-2-10(16)3-8-15/h2-3,7-8H,4-6,9H2,1H3,(H2,13,18). The first kappa shape index (κ1) is 14.4. The van der Waals surface area contributed by atoms with E-state index in [-0.39, 0.29) is 11.3 Å². The number of aryl methyl sites for hydroxylation is 1. The van der Waals surface area contributed by atoms with Gasteiger partial charge < -0.3 is 15.2 Å². The van der Waals surface area contributed by atoms with E-state index >= 15 is 0 Å². The monoisotopic (exact) mass is 267 g/mol. The normalized spacial score (nSPS) is 10.1. The molecule has 0 fully saturated rings. The molecule has 0 saturated heterocycles. The predicted molar refractivity (Wildman–Crippen MR) is 74.4 cm³/mol. The van der Waals surface area contributed by atoms with Gasteiger partial charge >= 0.3 is 0 Å². The third-order valence-electron chi connectivity index (χ3n) is 2.56. The Balaban J connectivity index is 2.38. The zero-order chi connectivity index (χ0) is 13.5. The first-order valence-corrected chi connectivity index (χ1v) is 6.08. The Morgan fingerprint density at radius 1 is 1.39 bits per heavy atom. The van der Waals surface area contributed by atoms with Gasteiger partial charge in [0.25, 0.3) is 0 Å². The molecule has 6 heteroatoms. The van der Waals surface area contributed by atoms with Crippen LogP contribution in [0.5, 0.6) is 0 Å². The quantitative estimate of drug-likeness (QED) is 0.756. The van der Waals surface area contributed by atoms with E-state index in [4.69, 9.17) is 18.0 Å². The topological polar surface area (TPSA) is 68.3 Å². The molecular weight excluding hydrogens is 250 g/mol. The van der Waals surface area contributed by atoms with Crippen molar-refractivity contribution in [3.8, 4) is 0 Å². The Labute approximate surface area is 111 Å². The molecule has 0 saturated carbocycles. The second-order valence-corrected chi connectivity index (χ2v) is 4.58. The summed E-state index contributed by atoms with van der Waals surface area (Å²) in [6.07, 6.45) is 4.27. The fourth-order valence-electron chi connectivity index (χ4n) is 1.41. The minimum Gasteiger partial charge on any atom is -0.393 e. The van der Waals surface area contributed by atoms with E-state index in [0.29, 0.717) is 30.9 Å². The highest BCUT2D eigenvalue weighted by molar-refractivity contribution is 7.80. The molecule has 1 aromatic heterocycles. The van der Waals surface area contributed by atoms with Crippen LogP contribution in [0.3, 0.4) is 0 Å². The van der Waals surface area contributed by atoms with E-state index in [9.17, 15) is 9.59 Å². The van der Waals surface area contributed by atoms with Crippen molar-refractivity contribution in [3.05, 3.63) is 34.7 Å². The predicted octanol–water partition coefficient (Wildman–Crippen LogP) is 0.373. The maximum atomic E-state index is 11.8. The van der Waals surface area contributed by atoms with Crippen LogP contribution in [-0.2, 0) is 11.3 Å². The van der Waals surface area contributed by atoms with Gasteiger partial charge in [0.1, 0.15) is 0 Å². The second kappa shape index (κ2) is 6.90. The minimum absolute atomic E-state index is 0.0324. The van der Waals surface area contributed by atoms with Gasteiger partial charge in [-0.3, -0.25) is 9.59 Å². The van der Waals surface area contributed by atoms with Gasteiger partial charge in [0.15, 0.2) is 5.43 Å². The van der Waals surface area contributed by atoms with E-state index < -0.39 is 0 Å². The number of hydrogen-bond acceptors (Lipinski definition) is 3. The van der Waals surface area contributed by atoms with Crippen molar-refractivity contribution in [2.45, 2.75) is 19.4 Å². The van der Waals surface area contributed by atoms with Gasteiger partial charge in [-0.05, 0) is 0 Å². The molecule has 1 aromatic rings. The third kappa shape index (κ3) is 5.09. The minimum atomic E-state index is -0.0360. The van der Waals surface area contributed by atoms with E-state index in [2.05, 4.69) is 0 Å². The first-order chi connectivity index (χ1) is 8.49. The number of rotatable bonds is 6. The molecule has 1 rings (SSSR count). The van der Waals surface area contributed by atoms with Crippen LogP contribution in [0.4, 0.5) is 0 Å². The first-order valence-electron chi connectivity index (χ1n) is 5.67. The molecule has 0 aliphatic carbocycles. The lowest BCUT2D eigenvalue weighted by atomic mass is 10.3. The highest BCUT2D eigenvalue weighted by Crippen LogP contribution is 1.97. The number of carbonyl (C=O) groups is 1. The molecule has 0 aliphatic rings. The highest BCUT2D eigenvalue weighted by atomic mass is 32.1. The van der Waals surface area contributed by atoms with Gasteiger partial charge in [-0.1, -0.05) is 12.2 Å². The molecule has 0 unspecified atom stereocenters. The number of thiocarbonyl (C=S) groups is 1. The van der Waals surface area contributed by atoms with Crippen molar-refractivity contribution in [1.29, 1.82) is 0 Å². The Bertz CT molecular complexity index is 464. The molecule has 0 aliphatic heterocycles. The van der Waals surface area contributed by atoms with Gasteiger partial charge in [0, 0.05) is 57.5 Å². The van der Waals surface area contributed by atoms with Crippen LogP contribution >= 0.6 is 12.2 Å². The van der Waals surface area contributed by atoms with Crippen molar-refractivity contribution < 1.29 is 4.79 Å². The van der Waals surface area contributed by atoms with Gasteiger partial charge in [-0.15, -0.1) is 0 Å². The molecule has 0 spiro atoms. The lowest BCUT2D eigenvalue weighted by Gasteiger charge is -2.17. The summed E-state index contributed by atoms with van der Waals surface area (Å²) in [7, 11) is 1.73. The molecule has 2 N–H and O–H groups in total. The summed E-state index contributed by atoms with van der Waals surface area (Å²) in [5, 5.41) is 0. The second-order valence-electron chi connectivity index (χ2n) is 4.05. The molecular formula is C12H17N3O2S. The third-order valence-corrected chi connectivity index (χ3v) is 2.77. The van der Waals surface area contributed by atoms with E-state index in [1.807, 2.05) is 0 Å². The summed E-state index contributed by atoms with van der Waals surface area (Å²) in [6.45, 7) is 1.09. The fraction of sp³-hybridized carbons (Fsp3) is 0.417. The molecule has 5 nitrogen and oxygen atoms in total. The van der Waals surface area contributed by atoms with Crippen molar-refractivity contribution >= 4 is 23.1 Å². The van der Waals surface area contributed by atoms with Crippen LogP contribution in [0.2, 0.25) is 0 Å². The Morgan fingerprint density at radius 2 is 2.00 bits per heavy atom. The number of nitrogens with two attached hydrogens (primary N) is 1. The summed E-state index contributed by atoms with van der Waals surface area (Å²) in [6, 6.07) is 2.95. The molecule has 0 bridgehead atoms. The average molecular weight is 267 g/mol. The largest absolute Gasteiger partial charge is 0.393 e. The number of aromatic nitrogens is 1. The van der Waals surface area contributed by atoms with Crippen LogP contribution < -0.4 is 11.2 Å². The number of carbonyl (C=O) groups excluding carboxylic acids is 1. The summed E-state index contributed by atoms with van der Waals surface area (Å²) in [4.78, 5) is 24.7. The fourth-order valence-corrected chi connectivity index (χ4v) is 1.50. The molecule has 0 aromatic carbocycles. The summed E-state index contributed by atoms with van der Waals surface area (Å²) >= 11 is 4.76. The van der Waals surface area contributed by atoms with Crippen molar-refractivity contribution in [3.63, 3.8) is 0 Å². The summed E-state index contributed by atoms with van der Waals surface area (Å²) < 4.78 is 1.81. The van der Waals surface area contributed by atoms with Crippen LogP contribution in [0, 0.1) is 0 Å². The van der Waals surface area contributed by atoms with Crippen molar-refractivity contribution in [2.75, 3.05) is 13.6 Å². The maximum absolute atomic E-state index is 11.8. The Kier molecular flexibility index (Phi) is 5.51. The van der Waals surface area contributed by atoms with Crippen LogP contribution in [0.1, 0.15) is 12.8 Å². The summed E-state index contributed by atoms with van der Waals surface area (Å²) in [5.41, 5.74) is 5.34. The van der Waals surface area contributed by atoms with E-state index in [1.165, 1.54) is 12.1 Å². The van der Waals surface area contributed by atoms with Crippen molar-refractivity contribution in [2.24, 2.45) is 5.73 Å². The smallest absolute Gasteiger partial charge is 0.224 e. The van der Waals surface area contributed by atoms with Crippen LogP contribution in [-0.4, -0.2) is 34.0 Å². The van der Waals surface area contributed by atoms with Crippen LogP contribution in [0.25, 0.3) is 0 Å². The number of nitrogens with zero attached hydrogens (tertiary/aromatic N) is 2. The SMILES string of the molecule is CN(CCC(N)=S)C(=O)CCn1ccc(=O)cc1. The highest BCUT2D eigenvalue weighted by Gasteiger charge is 2.08. The lowest BCUT2D eigenvalue weighted by molar-refractivity contribution is -0.130. The van der Waals surface area contributed by atoms with Gasteiger partial charge in [-0.2, -0.15) is 0 Å². The molecule has 1 amide bonds. The maximum Gasteiger partial charge on any atom is 0.224 e. The van der Waals surface area contributed by atoms with E-state index in [0.717, 1.165) is 0 Å². The lowest BCUT2D eigenvalue weighted by Crippen LogP contribution is -2.30. The molecule has 0 atom stereocenters. The summed E-state index contributed by atoms with van der Waals surface area (Å²) in [5.74, 6) is 0.0324.